The number of carbonyl (C=O) groups is 3. The molecule has 0 saturated heterocycles. The zero-order chi connectivity index (χ0) is 57.8. The van der Waals surface area contributed by atoms with Crippen LogP contribution in [0.4, 0.5) is 0 Å². The zero-order valence-corrected chi connectivity index (χ0v) is 53.9. The number of unbranched alkanes of at least 4 members (excludes halogenated alkanes) is 47. The molecule has 0 N–H and O–H groups in total. The fourth-order valence-electron chi connectivity index (χ4n) is 10.7. The summed E-state index contributed by atoms with van der Waals surface area (Å²) >= 11 is 0. The van der Waals surface area contributed by atoms with Crippen molar-refractivity contribution >= 4 is 17.9 Å². The molecule has 0 bridgehead atoms. The van der Waals surface area contributed by atoms with Crippen LogP contribution in [0.15, 0.2) is 48.6 Å². The molecule has 0 spiro atoms. The van der Waals surface area contributed by atoms with Gasteiger partial charge in [0, 0.05) is 19.3 Å². The minimum absolute atomic E-state index is 0.0683. The fourth-order valence-corrected chi connectivity index (χ4v) is 10.7. The molecule has 0 aromatic heterocycles. The summed E-state index contributed by atoms with van der Waals surface area (Å²) in [7, 11) is 0. The van der Waals surface area contributed by atoms with Gasteiger partial charge in [-0.05, 0) is 83.5 Å². The molecular formula is C74H136O6. The third-order valence-electron chi connectivity index (χ3n) is 16.1. The normalized spacial score (nSPS) is 12.3. The van der Waals surface area contributed by atoms with Crippen LogP contribution in [0, 0.1) is 0 Å². The molecule has 0 radical (unpaired) electrons. The predicted octanol–water partition coefficient (Wildman–Crippen LogP) is 24.5. The quantitative estimate of drug-likeness (QED) is 0.0261. The fraction of sp³-hybridized carbons (Fsp3) is 0.851. The first-order chi connectivity index (χ1) is 39.5. The van der Waals surface area contributed by atoms with Gasteiger partial charge in [-0.1, -0.05) is 333 Å². The van der Waals surface area contributed by atoms with E-state index in [2.05, 4.69) is 69.4 Å². The van der Waals surface area contributed by atoms with Gasteiger partial charge in [0.1, 0.15) is 13.2 Å². The SMILES string of the molecule is CCCCCCC/C=C\C/C=C\CCCCCCCCCCCCCCCCCCCC(=O)OCC(COC(=O)CCCCCCCC)OC(=O)CCCCCCCCCCCCCCCCC/C=C\C/C=C\CCCCCCC. The molecule has 0 rings (SSSR count). The van der Waals surface area contributed by atoms with Gasteiger partial charge in [0.2, 0.25) is 0 Å². The first-order valence-corrected chi connectivity index (χ1v) is 35.6. The number of esters is 3. The molecule has 0 saturated carbocycles. The lowest BCUT2D eigenvalue weighted by Gasteiger charge is -2.18. The summed E-state index contributed by atoms with van der Waals surface area (Å²) in [5.74, 6) is -0.855. The van der Waals surface area contributed by atoms with Gasteiger partial charge >= 0.3 is 17.9 Å². The predicted molar refractivity (Wildman–Crippen MR) is 349 cm³/mol. The maximum atomic E-state index is 12.9. The first kappa shape index (κ1) is 77.4. The molecule has 80 heavy (non-hydrogen) atoms. The molecule has 6 nitrogen and oxygen atoms in total. The summed E-state index contributed by atoms with van der Waals surface area (Å²) in [6, 6.07) is 0. The van der Waals surface area contributed by atoms with Gasteiger partial charge in [-0.25, -0.2) is 0 Å². The minimum atomic E-state index is -0.768. The second kappa shape index (κ2) is 68.9. The Morgan fingerprint density at radius 1 is 0.250 bits per heavy atom. The highest BCUT2D eigenvalue weighted by atomic mass is 16.6. The largest absolute Gasteiger partial charge is 0.462 e. The third-order valence-corrected chi connectivity index (χ3v) is 16.1. The molecule has 0 fully saturated rings. The maximum absolute atomic E-state index is 12.9. The Bertz CT molecular complexity index is 1380. The molecule has 1 atom stereocenters. The Balaban J connectivity index is 3.98. The molecule has 0 amide bonds. The molecule has 0 aliphatic rings. The van der Waals surface area contributed by atoms with Crippen molar-refractivity contribution in [2.24, 2.45) is 0 Å². The summed E-state index contributed by atoms with van der Waals surface area (Å²) in [4.78, 5) is 38.1. The zero-order valence-electron chi connectivity index (χ0n) is 53.9. The van der Waals surface area contributed by atoms with Crippen molar-refractivity contribution in [2.45, 2.75) is 393 Å². The van der Waals surface area contributed by atoms with Gasteiger partial charge in [-0.3, -0.25) is 14.4 Å². The molecule has 1 unspecified atom stereocenters. The van der Waals surface area contributed by atoms with E-state index in [9.17, 15) is 14.4 Å². The smallest absolute Gasteiger partial charge is 0.306 e. The van der Waals surface area contributed by atoms with Crippen molar-refractivity contribution in [2.75, 3.05) is 13.2 Å². The molecule has 0 aromatic carbocycles. The van der Waals surface area contributed by atoms with Crippen LogP contribution in [-0.4, -0.2) is 37.2 Å². The van der Waals surface area contributed by atoms with Crippen molar-refractivity contribution in [3.05, 3.63) is 48.6 Å². The van der Waals surface area contributed by atoms with E-state index in [4.69, 9.17) is 14.2 Å². The topological polar surface area (TPSA) is 78.9 Å². The van der Waals surface area contributed by atoms with Crippen molar-refractivity contribution in [3.63, 3.8) is 0 Å². The highest BCUT2D eigenvalue weighted by Gasteiger charge is 2.19. The second-order valence-electron chi connectivity index (χ2n) is 24.1. The first-order valence-electron chi connectivity index (χ1n) is 35.6. The average Bonchev–Trinajstić information content (AvgIpc) is 3.46. The van der Waals surface area contributed by atoms with E-state index in [1.165, 1.54) is 276 Å². The molecule has 0 heterocycles. The van der Waals surface area contributed by atoms with Crippen LogP contribution in [0.1, 0.15) is 387 Å². The maximum Gasteiger partial charge on any atom is 0.306 e. The van der Waals surface area contributed by atoms with Gasteiger partial charge in [0.05, 0.1) is 0 Å². The highest BCUT2D eigenvalue weighted by Crippen LogP contribution is 2.18. The highest BCUT2D eigenvalue weighted by molar-refractivity contribution is 5.71. The van der Waals surface area contributed by atoms with E-state index in [-0.39, 0.29) is 31.1 Å². The third kappa shape index (κ3) is 66.2. The number of hydrogen-bond donors (Lipinski definition) is 0. The van der Waals surface area contributed by atoms with E-state index in [0.717, 1.165) is 70.6 Å². The van der Waals surface area contributed by atoms with Crippen LogP contribution >= 0.6 is 0 Å². The lowest BCUT2D eigenvalue weighted by atomic mass is 10.0. The number of carbonyl (C=O) groups excluding carboxylic acids is 3. The molecule has 6 heteroatoms. The molecule has 0 aliphatic heterocycles. The van der Waals surface area contributed by atoms with Gasteiger partial charge in [-0.2, -0.15) is 0 Å². The summed E-state index contributed by atoms with van der Waals surface area (Å²) < 4.78 is 16.9. The summed E-state index contributed by atoms with van der Waals surface area (Å²) in [5, 5.41) is 0. The van der Waals surface area contributed by atoms with Crippen molar-refractivity contribution in [1.82, 2.24) is 0 Å². The van der Waals surface area contributed by atoms with Crippen LogP contribution in [-0.2, 0) is 28.6 Å². The lowest BCUT2D eigenvalue weighted by Crippen LogP contribution is -2.30. The summed E-state index contributed by atoms with van der Waals surface area (Å²) in [6.45, 7) is 6.62. The number of hydrogen-bond acceptors (Lipinski definition) is 6. The Hall–Kier alpha value is -2.63. The molecular weight excluding hydrogens is 985 g/mol. The van der Waals surface area contributed by atoms with Gasteiger partial charge in [0.25, 0.3) is 0 Å². The van der Waals surface area contributed by atoms with Crippen molar-refractivity contribution in [1.29, 1.82) is 0 Å². The molecule has 468 valence electrons. The van der Waals surface area contributed by atoms with Gasteiger partial charge in [-0.15, -0.1) is 0 Å². The Labute approximate surface area is 498 Å². The number of rotatable bonds is 66. The van der Waals surface area contributed by atoms with Crippen LogP contribution in [0.3, 0.4) is 0 Å². The number of allylic oxidation sites excluding steroid dienone is 8. The van der Waals surface area contributed by atoms with E-state index in [1.807, 2.05) is 0 Å². The minimum Gasteiger partial charge on any atom is -0.462 e. The number of ether oxygens (including phenoxy) is 3. The Morgan fingerprint density at radius 3 is 0.688 bits per heavy atom. The van der Waals surface area contributed by atoms with Crippen LogP contribution in [0.25, 0.3) is 0 Å². The summed E-state index contributed by atoms with van der Waals surface area (Å²) in [6.07, 6.45) is 87.6. The standard InChI is InChI=1S/C74H136O6/c1-4-7-10-13-16-18-20-22-24-26-28-30-32-34-36-37-39-40-42-44-46-48-50-52-54-56-58-61-64-67-73(76)79-70-71(69-78-72(75)66-63-60-15-12-9-6-3)80-74(77)68-65-62-59-57-55-53-51-49-47-45-43-41-38-35-33-31-29-27-25-23-21-19-17-14-11-8-5-2/h20-23,26-29,71H,4-19,24-25,30-70H2,1-3H3/b22-20-,23-21-,28-26-,29-27-. The Kier molecular flexibility index (Phi) is 66.6. The monoisotopic (exact) mass is 1120 g/mol. The van der Waals surface area contributed by atoms with Gasteiger partial charge in [0.15, 0.2) is 6.10 Å². The van der Waals surface area contributed by atoms with Crippen LogP contribution in [0.5, 0.6) is 0 Å². The van der Waals surface area contributed by atoms with Crippen molar-refractivity contribution in [3.8, 4) is 0 Å². The van der Waals surface area contributed by atoms with E-state index in [1.54, 1.807) is 0 Å². The molecule has 0 aromatic rings. The second-order valence-corrected chi connectivity index (χ2v) is 24.1. The Morgan fingerprint density at radius 2 is 0.450 bits per heavy atom. The van der Waals surface area contributed by atoms with E-state index >= 15 is 0 Å². The average molecular weight is 1120 g/mol. The van der Waals surface area contributed by atoms with Crippen LogP contribution < -0.4 is 0 Å². The van der Waals surface area contributed by atoms with E-state index < -0.39 is 6.10 Å². The molecule has 0 aliphatic carbocycles. The van der Waals surface area contributed by atoms with Crippen molar-refractivity contribution < 1.29 is 28.6 Å². The van der Waals surface area contributed by atoms with E-state index in [0.29, 0.717) is 19.3 Å². The van der Waals surface area contributed by atoms with Gasteiger partial charge < -0.3 is 14.2 Å². The van der Waals surface area contributed by atoms with Crippen LogP contribution in [0.2, 0.25) is 0 Å². The lowest BCUT2D eigenvalue weighted by molar-refractivity contribution is -0.167. The summed E-state index contributed by atoms with van der Waals surface area (Å²) in [5.41, 5.74) is 0.